The highest BCUT2D eigenvalue weighted by Crippen LogP contribution is 2.36. The van der Waals surface area contributed by atoms with Crippen LogP contribution in [0.1, 0.15) is 56.6 Å². The Kier molecular flexibility index (Phi) is 9.71. The molecule has 1 saturated carbocycles. The van der Waals surface area contributed by atoms with E-state index in [1.165, 1.54) is 49.9 Å². The maximum atomic E-state index is 6.03. The van der Waals surface area contributed by atoms with Gasteiger partial charge in [0, 0.05) is 32.8 Å². The Balaban J connectivity index is 0.00000256. The Morgan fingerprint density at radius 2 is 1.67 bits per heavy atom. The van der Waals surface area contributed by atoms with Crippen LogP contribution in [0.3, 0.4) is 0 Å². The summed E-state index contributed by atoms with van der Waals surface area (Å²) in [6.07, 6.45) is 7.99. The van der Waals surface area contributed by atoms with E-state index in [9.17, 15) is 0 Å². The average molecular weight is 527 g/mol. The van der Waals surface area contributed by atoms with Crippen molar-refractivity contribution in [3.05, 3.63) is 35.4 Å². The fraction of sp³-hybridized carbons (Fsp3) is 0.708. The molecule has 30 heavy (non-hydrogen) atoms. The van der Waals surface area contributed by atoms with Crippen molar-refractivity contribution in [2.45, 2.75) is 64.7 Å². The second-order valence-electron chi connectivity index (χ2n) is 8.82. The monoisotopic (exact) mass is 527 g/mol. The maximum absolute atomic E-state index is 6.03. The second kappa shape index (κ2) is 12.2. The Morgan fingerprint density at radius 3 is 2.30 bits per heavy atom. The van der Waals surface area contributed by atoms with E-state index < -0.39 is 0 Å². The number of halogens is 1. The van der Waals surface area contributed by atoms with E-state index in [1.807, 2.05) is 0 Å². The van der Waals surface area contributed by atoms with Gasteiger partial charge < -0.3 is 19.7 Å². The van der Waals surface area contributed by atoms with Gasteiger partial charge in [0.25, 0.3) is 0 Å². The minimum atomic E-state index is 0. The van der Waals surface area contributed by atoms with Crippen molar-refractivity contribution in [3.63, 3.8) is 0 Å². The zero-order chi connectivity index (χ0) is 19.9. The maximum Gasteiger partial charge on any atom is 0.194 e. The summed E-state index contributed by atoms with van der Waals surface area (Å²) in [5, 5.41) is 3.52. The van der Waals surface area contributed by atoms with E-state index >= 15 is 0 Å². The highest BCUT2D eigenvalue weighted by Gasteiger charge is 2.35. The highest BCUT2D eigenvalue weighted by atomic mass is 127. The van der Waals surface area contributed by atoms with Crippen molar-refractivity contribution in [3.8, 4) is 0 Å². The van der Waals surface area contributed by atoms with Gasteiger partial charge in [-0.2, -0.15) is 0 Å². The van der Waals surface area contributed by atoms with Gasteiger partial charge >= 0.3 is 0 Å². The van der Waals surface area contributed by atoms with Crippen LogP contribution in [0.5, 0.6) is 0 Å². The van der Waals surface area contributed by atoms with Crippen LogP contribution in [0, 0.1) is 11.8 Å². The molecule has 1 aromatic carbocycles. The third-order valence-electron chi connectivity index (χ3n) is 6.70. The van der Waals surface area contributed by atoms with Gasteiger partial charge in [-0.05, 0) is 55.6 Å². The molecule has 1 aromatic rings. The first-order chi connectivity index (χ1) is 14.3. The van der Waals surface area contributed by atoms with Crippen LogP contribution < -0.4 is 5.32 Å². The topological polar surface area (TPSA) is 46.1 Å². The van der Waals surface area contributed by atoms with Gasteiger partial charge in [0.15, 0.2) is 5.96 Å². The molecule has 0 amide bonds. The number of nitrogens with zero attached hydrogens (tertiary/aromatic N) is 2. The molecule has 2 aliphatic heterocycles. The molecule has 4 rings (SSSR count). The molecular formula is C24H38IN3O2. The molecule has 0 radical (unpaired) electrons. The number of ether oxygens (including phenoxy) is 2. The Bertz CT molecular complexity index is 647. The third kappa shape index (κ3) is 6.57. The number of nitrogens with one attached hydrogen (secondary N) is 1. The summed E-state index contributed by atoms with van der Waals surface area (Å²) in [7, 11) is 0. The molecule has 2 atom stereocenters. The molecule has 1 aliphatic carbocycles. The molecule has 0 spiro atoms. The van der Waals surface area contributed by atoms with Crippen molar-refractivity contribution in [2.75, 3.05) is 32.8 Å². The van der Waals surface area contributed by atoms with Crippen molar-refractivity contribution < 1.29 is 9.47 Å². The minimum absolute atomic E-state index is 0. The largest absolute Gasteiger partial charge is 0.381 e. The second-order valence-corrected chi connectivity index (χ2v) is 8.82. The highest BCUT2D eigenvalue weighted by molar-refractivity contribution is 14.0. The summed E-state index contributed by atoms with van der Waals surface area (Å²) in [5.74, 6) is 2.85. The minimum Gasteiger partial charge on any atom is -0.381 e. The molecule has 5 nitrogen and oxygen atoms in total. The summed E-state index contributed by atoms with van der Waals surface area (Å²) in [5.41, 5.74) is 2.49. The zero-order valence-corrected chi connectivity index (χ0v) is 20.7. The summed E-state index contributed by atoms with van der Waals surface area (Å²) < 4.78 is 11.4. The number of hydrogen-bond donors (Lipinski definition) is 1. The Morgan fingerprint density at radius 1 is 1.03 bits per heavy atom. The number of aliphatic imine (C=N–C) groups is 1. The first kappa shape index (κ1) is 23.8. The number of fused-ring (bicyclic) bond motifs is 1. The van der Waals surface area contributed by atoms with Gasteiger partial charge in [-0.3, -0.25) is 0 Å². The van der Waals surface area contributed by atoms with E-state index in [-0.39, 0.29) is 24.0 Å². The number of hydrogen-bond acceptors (Lipinski definition) is 3. The van der Waals surface area contributed by atoms with Gasteiger partial charge in [-0.25, -0.2) is 4.99 Å². The molecule has 2 heterocycles. The Hall–Kier alpha value is -0.860. The van der Waals surface area contributed by atoms with Crippen LogP contribution in [0.25, 0.3) is 0 Å². The third-order valence-corrected chi connectivity index (χ3v) is 6.70. The number of likely N-dealkylation sites (tertiary alicyclic amines) is 1. The fourth-order valence-electron chi connectivity index (χ4n) is 4.97. The van der Waals surface area contributed by atoms with E-state index in [0.29, 0.717) is 12.7 Å². The molecule has 3 aliphatic rings. The standard InChI is InChI=1S/C24H37N3O2.HI/c1-2-25-24(27-16-21-5-3-4-6-22(21)17-27)26-15-19-7-9-20(10-8-19)18-29-23-11-13-28-14-12-23;/h7-10,21-23H,2-6,11-18H2,1H3,(H,25,26);1H. The summed E-state index contributed by atoms with van der Waals surface area (Å²) >= 11 is 0. The summed E-state index contributed by atoms with van der Waals surface area (Å²) in [6, 6.07) is 8.75. The molecule has 168 valence electrons. The van der Waals surface area contributed by atoms with E-state index in [2.05, 4.69) is 41.4 Å². The molecular weight excluding hydrogens is 489 g/mol. The van der Waals surface area contributed by atoms with Crippen LogP contribution >= 0.6 is 24.0 Å². The van der Waals surface area contributed by atoms with Crippen LogP contribution in [-0.4, -0.2) is 49.8 Å². The number of benzene rings is 1. The van der Waals surface area contributed by atoms with Crippen LogP contribution in [-0.2, 0) is 22.6 Å². The first-order valence-corrected chi connectivity index (χ1v) is 11.6. The summed E-state index contributed by atoms with van der Waals surface area (Å²) in [6.45, 7) is 8.52. The lowest BCUT2D eigenvalue weighted by Gasteiger charge is -2.22. The van der Waals surface area contributed by atoms with Crippen LogP contribution in [0.15, 0.2) is 29.3 Å². The molecule has 6 heteroatoms. The zero-order valence-electron chi connectivity index (χ0n) is 18.4. The van der Waals surface area contributed by atoms with Crippen molar-refractivity contribution in [1.29, 1.82) is 0 Å². The normalized spacial score (nSPS) is 25.0. The van der Waals surface area contributed by atoms with Gasteiger partial charge in [0.2, 0.25) is 0 Å². The van der Waals surface area contributed by atoms with Crippen molar-refractivity contribution in [1.82, 2.24) is 10.2 Å². The molecule has 0 aromatic heterocycles. The average Bonchev–Trinajstić information content (AvgIpc) is 3.21. The molecule has 0 bridgehead atoms. The fourth-order valence-corrected chi connectivity index (χ4v) is 4.97. The van der Waals surface area contributed by atoms with E-state index in [4.69, 9.17) is 14.5 Å². The quantitative estimate of drug-likeness (QED) is 0.334. The lowest BCUT2D eigenvalue weighted by Crippen LogP contribution is -2.40. The predicted octanol–water partition coefficient (Wildman–Crippen LogP) is 4.59. The van der Waals surface area contributed by atoms with Crippen LogP contribution in [0.4, 0.5) is 0 Å². The first-order valence-electron chi connectivity index (χ1n) is 11.6. The van der Waals surface area contributed by atoms with Gasteiger partial charge in [-0.15, -0.1) is 24.0 Å². The number of guanidine groups is 1. The smallest absolute Gasteiger partial charge is 0.194 e. The molecule has 2 unspecified atom stereocenters. The number of rotatable bonds is 6. The summed E-state index contributed by atoms with van der Waals surface area (Å²) in [4.78, 5) is 7.46. The Labute approximate surface area is 199 Å². The van der Waals surface area contributed by atoms with Crippen molar-refractivity contribution in [2.24, 2.45) is 16.8 Å². The SMILES string of the molecule is CCNC(=NCc1ccc(COC2CCOCC2)cc1)N1CC2CCCCC2C1.I. The van der Waals surface area contributed by atoms with E-state index in [0.717, 1.165) is 56.9 Å². The van der Waals surface area contributed by atoms with Crippen molar-refractivity contribution >= 4 is 29.9 Å². The molecule has 1 N–H and O–H groups in total. The molecule has 2 saturated heterocycles. The van der Waals surface area contributed by atoms with Gasteiger partial charge in [0.1, 0.15) is 0 Å². The van der Waals surface area contributed by atoms with Gasteiger partial charge in [-0.1, -0.05) is 37.1 Å². The molecule has 3 fully saturated rings. The van der Waals surface area contributed by atoms with E-state index in [1.54, 1.807) is 0 Å². The lowest BCUT2D eigenvalue weighted by molar-refractivity contribution is -0.0390. The predicted molar refractivity (Wildman–Crippen MR) is 132 cm³/mol. The lowest BCUT2D eigenvalue weighted by atomic mass is 9.82. The van der Waals surface area contributed by atoms with Gasteiger partial charge in [0.05, 0.1) is 19.3 Å². The van der Waals surface area contributed by atoms with Crippen LogP contribution in [0.2, 0.25) is 0 Å².